The van der Waals surface area contributed by atoms with Crippen LogP contribution in [0, 0.1) is 6.92 Å². The summed E-state index contributed by atoms with van der Waals surface area (Å²) in [5.74, 6) is 0. The molecule has 0 atom stereocenters. The van der Waals surface area contributed by atoms with Gasteiger partial charge in [0.1, 0.15) is 0 Å². The molecule has 3 aromatic heterocycles. The van der Waals surface area contributed by atoms with Crippen LogP contribution in [-0.4, -0.2) is 8.80 Å². The summed E-state index contributed by atoms with van der Waals surface area (Å²) in [6.07, 6.45) is 0. The zero-order chi connectivity index (χ0) is 17.7. The minimum absolute atomic E-state index is 1.26. The zero-order valence-electron chi connectivity index (χ0n) is 14.9. The van der Waals surface area contributed by atoms with Crippen LogP contribution in [0.15, 0.2) is 78.9 Å². The maximum absolute atomic E-state index is 2.47. The minimum Gasteiger partial charge on any atom is -0.305 e. The molecule has 0 amide bonds. The summed E-state index contributed by atoms with van der Waals surface area (Å²) in [5.41, 5.74) is 9.01. The van der Waals surface area contributed by atoms with E-state index in [4.69, 9.17) is 0 Å². The molecule has 4 aromatic carbocycles. The lowest BCUT2D eigenvalue weighted by Crippen LogP contribution is -1.97. The molecule has 0 saturated heterocycles. The second-order valence-electron chi connectivity index (χ2n) is 7.56. The smallest absolute Gasteiger partial charge is 0.0789 e. The summed E-state index contributed by atoms with van der Waals surface area (Å²) >= 11 is 0. The van der Waals surface area contributed by atoms with Crippen molar-refractivity contribution >= 4 is 54.6 Å². The Hall–Kier alpha value is -3.52. The highest BCUT2D eigenvalue weighted by Crippen LogP contribution is 2.41. The first-order valence-corrected chi connectivity index (χ1v) is 9.40. The molecule has 0 unspecified atom stereocenters. The Morgan fingerprint density at radius 2 is 1.04 bits per heavy atom. The minimum atomic E-state index is 1.26. The van der Waals surface area contributed by atoms with Crippen molar-refractivity contribution in [2.45, 2.75) is 6.92 Å². The maximum Gasteiger partial charge on any atom is 0.0789 e. The summed E-state index contributed by atoms with van der Waals surface area (Å²) in [7, 11) is 0. The largest absolute Gasteiger partial charge is 0.305 e. The molecule has 0 spiro atoms. The molecule has 2 nitrogen and oxygen atoms in total. The molecular weight excluding hydrogens is 328 g/mol. The number of aryl methyl sites for hydroxylation is 1. The second kappa shape index (κ2) is 4.41. The number of nitrogens with zero attached hydrogens (tertiary/aromatic N) is 2. The van der Waals surface area contributed by atoms with E-state index in [9.17, 15) is 0 Å². The highest BCUT2D eigenvalue weighted by molar-refractivity contribution is 6.25. The predicted octanol–water partition coefficient (Wildman–Crippen LogP) is 6.55. The summed E-state index contributed by atoms with van der Waals surface area (Å²) in [6.45, 7) is 2.17. The van der Waals surface area contributed by atoms with Gasteiger partial charge < -0.3 is 8.80 Å². The molecule has 0 aliphatic rings. The van der Waals surface area contributed by atoms with E-state index in [0.29, 0.717) is 0 Å². The van der Waals surface area contributed by atoms with Crippen molar-refractivity contribution in [3.05, 3.63) is 84.4 Å². The Kier molecular flexibility index (Phi) is 2.23. The summed E-state index contributed by atoms with van der Waals surface area (Å²) in [5, 5.41) is 5.29. The van der Waals surface area contributed by atoms with Crippen LogP contribution in [0.25, 0.3) is 54.6 Å². The lowest BCUT2D eigenvalue weighted by Gasteiger charge is -2.12. The van der Waals surface area contributed by atoms with Crippen LogP contribution in [0.1, 0.15) is 5.56 Å². The predicted molar refractivity (Wildman–Crippen MR) is 114 cm³/mol. The lowest BCUT2D eigenvalue weighted by molar-refractivity contribution is 1.25. The fraction of sp³-hybridized carbons (Fsp3) is 0.0400. The average Bonchev–Trinajstić information content (AvgIpc) is 3.21. The van der Waals surface area contributed by atoms with Gasteiger partial charge in [-0.1, -0.05) is 54.6 Å². The highest BCUT2D eigenvalue weighted by Gasteiger charge is 2.20. The van der Waals surface area contributed by atoms with Crippen LogP contribution >= 0.6 is 0 Å². The van der Waals surface area contributed by atoms with Gasteiger partial charge in [-0.15, -0.1) is 0 Å². The second-order valence-corrected chi connectivity index (χ2v) is 7.56. The van der Waals surface area contributed by atoms with Crippen molar-refractivity contribution in [3.63, 3.8) is 0 Å². The average molecular weight is 344 g/mol. The molecule has 126 valence electrons. The van der Waals surface area contributed by atoms with Gasteiger partial charge in [0.2, 0.25) is 0 Å². The number of aromatic nitrogens is 2. The van der Waals surface area contributed by atoms with E-state index >= 15 is 0 Å². The van der Waals surface area contributed by atoms with Gasteiger partial charge >= 0.3 is 0 Å². The maximum atomic E-state index is 2.47. The number of para-hydroxylation sites is 2. The molecule has 7 aromatic rings. The summed E-state index contributed by atoms with van der Waals surface area (Å²) in [4.78, 5) is 0. The summed E-state index contributed by atoms with van der Waals surface area (Å²) < 4.78 is 4.93. The SMILES string of the molecule is Cc1ccc2c(c1)n1c3ccccc3c3ccc4c5ccccc5n2c4c31. The third kappa shape index (κ3) is 1.46. The van der Waals surface area contributed by atoms with Crippen LogP contribution in [0.3, 0.4) is 0 Å². The van der Waals surface area contributed by atoms with E-state index < -0.39 is 0 Å². The highest BCUT2D eigenvalue weighted by atomic mass is 15.0. The van der Waals surface area contributed by atoms with Gasteiger partial charge in [-0.05, 0) is 36.8 Å². The van der Waals surface area contributed by atoms with Gasteiger partial charge in [0.25, 0.3) is 0 Å². The molecule has 27 heavy (non-hydrogen) atoms. The van der Waals surface area contributed by atoms with Crippen molar-refractivity contribution in [2.24, 2.45) is 0 Å². The fourth-order valence-corrected chi connectivity index (χ4v) is 5.00. The lowest BCUT2D eigenvalue weighted by atomic mass is 10.1. The zero-order valence-corrected chi connectivity index (χ0v) is 14.9. The van der Waals surface area contributed by atoms with Crippen molar-refractivity contribution in [1.82, 2.24) is 8.80 Å². The molecule has 3 heterocycles. The number of rotatable bonds is 0. The normalized spacial score (nSPS) is 12.6. The van der Waals surface area contributed by atoms with E-state index in [0.717, 1.165) is 0 Å². The monoisotopic (exact) mass is 344 g/mol. The molecule has 0 radical (unpaired) electrons. The molecule has 0 N–H and O–H groups in total. The number of hydrogen-bond donors (Lipinski definition) is 0. The van der Waals surface area contributed by atoms with Crippen LogP contribution in [-0.2, 0) is 0 Å². The Balaban J connectivity index is 2.02. The van der Waals surface area contributed by atoms with Gasteiger partial charge in [-0.3, -0.25) is 0 Å². The third-order valence-electron chi connectivity index (χ3n) is 6.08. The van der Waals surface area contributed by atoms with Crippen molar-refractivity contribution in [1.29, 1.82) is 0 Å². The Bertz CT molecular complexity index is 1680. The van der Waals surface area contributed by atoms with Gasteiger partial charge in [-0.2, -0.15) is 0 Å². The van der Waals surface area contributed by atoms with Crippen molar-refractivity contribution < 1.29 is 0 Å². The molecular formula is C25H16N2. The molecule has 0 bridgehead atoms. The van der Waals surface area contributed by atoms with Crippen molar-refractivity contribution in [2.75, 3.05) is 0 Å². The van der Waals surface area contributed by atoms with Crippen LogP contribution in [0.4, 0.5) is 0 Å². The Morgan fingerprint density at radius 1 is 0.481 bits per heavy atom. The Labute approximate surface area is 155 Å². The van der Waals surface area contributed by atoms with Gasteiger partial charge in [-0.25, -0.2) is 0 Å². The fourth-order valence-electron chi connectivity index (χ4n) is 5.00. The third-order valence-corrected chi connectivity index (χ3v) is 6.08. The molecule has 2 heteroatoms. The van der Waals surface area contributed by atoms with E-state index in [1.807, 2.05) is 0 Å². The molecule has 0 fully saturated rings. The van der Waals surface area contributed by atoms with E-state index in [1.165, 1.54) is 60.2 Å². The first-order valence-electron chi connectivity index (χ1n) is 9.40. The van der Waals surface area contributed by atoms with E-state index in [1.54, 1.807) is 0 Å². The quantitative estimate of drug-likeness (QED) is 0.276. The molecule has 0 aliphatic carbocycles. The van der Waals surface area contributed by atoms with Crippen LogP contribution < -0.4 is 0 Å². The standard InChI is InChI=1S/C25H16N2/c1-15-10-13-22-23(14-15)27-21-9-5-3-7-17(21)19-12-11-18-16-6-2-4-8-20(16)26(22)24(18)25(19)27/h2-14H,1H3. The number of fused-ring (bicyclic) bond motifs is 9. The first kappa shape index (κ1) is 13.7. The van der Waals surface area contributed by atoms with Gasteiger partial charge in [0.05, 0.1) is 33.1 Å². The Morgan fingerprint density at radius 3 is 1.67 bits per heavy atom. The van der Waals surface area contributed by atoms with Gasteiger partial charge in [0.15, 0.2) is 0 Å². The van der Waals surface area contributed by atoms with Gasteiger partial charge in [0, 0.05) is 21.5 Å². The number of hydrogen-bond acceptors (Lipinski definition) is 0. The molecule has 0 saturated carbocycles. The number of benzene rings is 4. The summed E-state index contributed by atoms with van der Waals surface area (Å²) in [6, 6.07) is 28.9. The van der Waals surface area contributed by atoms with Crippen LogP contribution in [0.2, 0.25) is 0 Å². The molecule has 7 rings (SSSR count). The van der Waals surface area contributed by atoms with E-state index in [-0.39, 0.29) is 0 Å². The topological polar surface area (TPSA) is 8.82 Å². The molecule has 0 aliphatic heterocycles. The van der Waals surface area contributed by atoms with Crippen molar-refractivity contribution in [3.8, 4) is 0 Å². The first-order chi connectivity index (χ1) is 13.3. The van der Waals surface area contributed by atoms with Crippen LogP contribution in [0.5, 0.6) is 0 Å². The van der Waals surface area contributed by atoms with E-state index in [2.05, 4.69) is 94.6 Å².